The van der Waals surface area contributed by atoms with Crippen molar-refractivity contribution in [1.82, 2.24) is 4.98 Å². The van der Waals surface area contributed by atoms with Gasteiger partial charge in [0, 0.05) is 41.9 Å². The summed E-state index contributed by atoms with van der Waals surface area (Å²) in [6.07, 6.45) is 2.31. The number of carbonyl (C=O) groups excluding carboxylic acids is 1. The molecule has 1 unspecified atom stereocenters. The van der Waals surface area contributed by atoms with Crippen LogP contribution in [0.4, 0.5) is 13.2 Å². The molecule has 1 aliphatic carbocycles. The summed E-state index contributed by atoms with van der Waals surface area (Å²) in [5.74, 6) is 0.752. The van der Waals surface area contributed by atoms with Crippen LogP contribution >= 0.6 is 22.7 Å². The van der Waals surface area contributed by atoms with Crippen molar-refractivity contribution >= 4 is 38.7 Å². The summed E-state index contributed by atoms with van der Waals surface area (Å²) in [6, 6.07) is 3.75. The van der Waals surface area contributed by atoms with Crippen LogP contribution in [-0.4, -0.2) is 24.5 Å². The molecule has 0 N–H and O–H groups in total. The summed E-state index contributed by atoms with van der Waals surface area (Å²) < 4.78 is 45.3. The Morgan fingerprint density at radius 3 is 2.79 bits per heavy atom. The van der Waals surface area contributed by atoms with E-state index in [4.69, 9.17) is 4.74 Å². The van der Waals surface area contributed by atoms with E-state index in [1.54, 1.807) is 18.4 Å². The van der Waals surface area contributed by atoms with Crippen molar-refractivity contribution in [3.8, 4) is 10.6 Å². The number of nitrogens with zero attached hydrogens (tertiary/aromatic N) is 1. The molecular formula is C25H28F3NO2S2. The Morgan fingerprint density at radius 1 is 1.21 bits per heavy atom. The zero-order valence-electron chi connectivity index (χ0n) is 18.9. The number of Topliss-reactive ketones (excluding diaryl/α,β-unsaturated/α-hetero) is 1. The molecule has 33 heavy (non-hydrogen) atoms. The lowest BCUT2D eigenvalue weighted by Crippen LogP contribution is -2.09. The Hall–Kier alpha value is -1.77. The number of unbranched alkanes of at least 4 members (excludes halogenated alkanes) is 2. The van der Waals surface area contributed by atoms with Gasteiger partial charge in [-0.1, -0.05) is 13.3 Å². The Bertz CT molecular complexity index is 1130. The van der Waals surface area contributed by atoms with Crippen LogP contribution in [0.25, 0.3) is 20.8 Å². The van der Waals surface area contributed by atoms with Gasteiger partial charge in [0.15, 0.2) is 0 Å². The maximum Gasteiger partial charge on any atom is 0.416 e. The van der Waals surface area contributed by atoms with E-state index in [1.165, 1.54) is 27.8 Å². The van der Waals surface area contributed by atoms with Gasteiger partial charge in [-0.3, -0.25) is 4.79 Å². The first-order valence-electron chi connectivity index (χ1n) is 11.4. The first-order chi connectivity index (χ1) is 15.8. The molecule has 0 saturated carbocycles. The van der Waals surface area contributed by atoms with Gasteiger partial charge in [-0.15, -0.1) is 22.7 Å². The zero-order valence-corrected chi connectivity index (χ0v) is 20.5. The average Bonchev–Trinajstić information content (AvgIpc) is 3.32. The highest BCUT2D eigenvalue weighted by atomic mass is 32.1. The van der Waals surface area contributed by atoms with Crippen molar-refractivity contribution in [2.24, 2.45) is 5.92 Å². The standard InChI is InChI=1S/C25H28F3NO2S2/c1-15-7-9-20-18(12-15)23(22(32-20)14-17(30)6-4-3-5-11-31-2)24-29-19-13-16(25(26,27)28)8-10-21(19)33-24/h8,10,13,15H,3-7,9,11-12,14H2,1-2H3. The molecule has 3 aromatic rings. The number of hydrogen-bond donors (Lipinski definition) is 0. The lowest BCUT2D eigenvalue weighted by Gasteiger charge is -2.18. The number of aryl methyl sites for hydroxylation is 1. The molecule has 0 saturated heterocycles. The Labute approximate surface area is 200 Å². The first kappa shape index (κ1) is 24.4. The van der Waals surface area contributed by atoms with Crippen molar-refractivity contribution in [2.45, 2.75) is 64.5 Å². The Balaban J connectivity index is 1.64. The Kier molecular flexibility index (Phi) is 7.56. The lowest BCUT2D eigenvalue weighted by molar-refractivity contribution is -0.137. The highest BCUT2D eigenvalue weighted by molar-refractivity contribution is 7.22. The second-order valence-corrected chi connectivity index (χ2v) is 11.1. The predicted octanol–water partition coefficient (Wildman–Crippen LogP) is 7.49. The molecular weight excluding hydrogens is 467 g/mol. The number of methoxy groups -OCH3 is 1. The number of alkyl halides is 3. The van der Waals surface area contributed by atoms with Crippen LogP contribution in [0.15, 0.2) is 18.2 Å². The third kappa shape index (κ3) is 5.66. The van der Waals surface area contributed by atoms with Gasteiger partial charge in [0.25, 0.3) is 0 Å². The minimum Gasteiger partial charge on any atom is -0.385 e. The number of ether oxygens (including phenoxy) is 1. The van der Waals surface area contributed by atoms with Gasteiger partial charge in [-0.05, 0) is 61.8 Å². The fraction of sp³-hybridized carbons (Fsp3) is 0.520. The van der Waals surface area contributed by atoms with Crippen LogP contribution in [-0.2, 0) is 35.0 Å². The van der Waals surface area contributed by atoms with Crippen LogP contribution in [0.3, 0.4) is 0 Å². The summed E-state index contributed by atoms with van der Waals surface area (Å²) in [6.45, 7) is 2.94. The minimum absolute atomic E-state index is 0.209. The molecule has 3 nitrogen and oxygen atoms in total. The summed E-state index contributed by atoms with van der Waals surface area (Å²) in [5.41, 5.74) is 1.93. The predicted molar refractivity (Wildman–Crippen MR) is 128 cm³/mol. The van der Waals surface area contributed by atoms with E-state index in [9.17, 15) is 18.0 Å². The fourth-order valence-corrected chi connectivity index (χ4v) is 6.90. The van der Waals surface area contributed by atoms with E-state index in [-0.39, 0.29) is 5.78 Å². The van der Waals surface area contributed by atoms with Gasteiger partial charge in [0.2, 0.25) is 0 Å². The molecule has 0 spiro atoms. The summed E-state index contributed by atoms with van der Waals surface area (Å²) in [5, 5.41) is 0.735. The second kappa shape index (κ2) is 10.2. The van der Waals surface area contributed by atoms with Crippen LogP contribution in [0.2, 0.25) is 0 Å². The van der Waals surface area contributed by atoms with E-state index in [2.05, 4.69) is 11.9 Å². The van der Waals surface area contributed by atoms with E-state index in [1.807, 2.05) is 0 Å². The van der Waals surface area contributed by atoms with E-state index in [0.717, 1.165) is 70.8 Å². The topological polar surface area (TPSA) is 39.2 Å². The molecule has 0 bridgehead atoms. The highest BCUT2D eigenvalue weighted by Crippen LogP contribution is 2.45. The van der Waals surface area contributed by atoms with Gasteiger partial charge in [0.1, 0.15) is 10.8 Å². The largest absolute Gasteiger partial charge is 0.416 e. The third-order valence-corrected chi connectivity index (χ3v) is 8.52. The first-order valence-corrected chi connectivity index (χ1v) is 13.0. The van der Waals surface area contributed by atoms with Crippen LogP contribution in [0, 0.1) is 5.92 Å². The van der Waals surface area contributed by atoms with Gasteiger partial charge in [-0.25, -0.2) is 4.98 Å². The summed E-state index contributed by atoms with van der Waals surface area (Å²) >= 11 is 3.12. The molecule has 0 fully saturated rings. The van der Waals surface area contributed by atoms with Crippen LogP contribution in [0.5, 0.6) is 0 Å². The lowest BCUT2D eigenvalue weighted by atomic mass is 9.87. The van der Waals surface area contributed by atoms with Crippen molar-refractivity contribution < 1.29 is 22.7 Å². The molecule has 1 aromatic carbocycles. The smallest absolute Gasteiger partial charge is 0.385 e. The van der Waals surface area contributed by atoms with Crippen LogP contribution < -0.4 is 0 Å². The summed E-state index contributed by atoms with van der Waals surface area (Å²) in [4.78, 5) is 19.7. The molecule has 1 aliphatic rings. The van der Waals surface area contributed by atoms with Crippen LogP contribution in [0.1, 0.15) is 59.9 Å². The van der Waals surface area contributed by atoms with E-state index < -0.39 is 11.7 Å². The quantitative estimate of drug-likeness (QED) is 0.289. The molecule has 0 aliphatic heterocycles. The number of benzene rings is 1. The summed E-state index contributed by atoms with van der Waals surface area (Å²) in [7, 11) is 1.68. The van der Waals surface area contributed by atoms with Gasteiger partial charge in [-0.2, -0.15) is 13.2 Å². The number of rotatable bonds is 9. The average molecular weight is 496 g/mol. The van der Waals surface area contributed by atoms with Crippen molar-refractivity contribution in [1.29, 1.82) is 0 Å². The van der Waals surface area contributed by atoms with Crippen molar-refractivity contribution in [3.05, 3.63) is 39.1 Å². The van der Waals surface area contributed by atoms with E-state index >= 15 is 0 Å². The minimum atomic E-state index is -4.39. The Morgan fingerprint density at radius 2 is 2.03 bits per heavy atom. The number of carbonyl (C=O) groups is 1. The second-order valence-electron chi connectivity index (χ2n) is 8.87. The van der Waals surface area contributed by atoms with Gasteiger partial charge in [0.05, 0.1) is 15.8 Å². The number of thiophene rings is 1. The molecule has 2 heterocycles. The SMILES string of the molecule is COCCCCCC(=O)Cc1sc2c(c1-c1nc3cc(C(F)(F)F)ccc3s1)CC(C)CC2. The molecule has 0 amide bonds. The molecule has 0 radical (unpaired) electrons. The number of aromatic nitrogens is 1. The number of fused-ring (bicyclic) bond motifs is 2. The number of halogens is 3. The molecule has 2 aromatic heterocycles. The van der Waals surface area contributed by atoms with E-state index in [0.29, 0.717) is 30.9 Å². The number of thiazole rings is 1. The maximum absolute atomic E-state index is 13.2. The van der Waals surface area contributed by atoms with Crippen molar-refractivity contribution in [3.63, 3.8) is 0 Å². The number of hydrogen-bond acceptors (Lipinski definition) is 5. The monoisotopic (exact) mass is 495 g/mol. The number of ketones is 1. The zero-order chi connectivity index (χ0) is 23.6. The normalized spacial score (nSPS) is 16.3. The molecule has 1 atom stereocenters. The molecule has 4 rings (SSSR count). The third-order valence-electron chi connectivity index (χ3n) is 6.17. The molecule has 178 valence electrons. The molecule has 8 heteroatoms. The van der Waals surface area contributed by atoms with Gasteiger partial charge < -0.3 is 4.74 Å². The fourth-order valence-electron chi connectivity index (χ4n) is 4.41. The van der Waals surface area contributed by atoms with Gasteiger partial charge >= 0.3 is 6.18 Å². The highest BCUT2D eigenvalue weighted by Gasteiger charge is 2.31. The maximum atomic E-state index is 13.2. The van der Waals surface area contributed by atoms with Crippen molar-refractivity contribution in [2.75, 3.05) is 13.7 Å².